The number of sulfonamides is 1. The Hall–Kier alpha value is -1.40. The number of amides is 1. The van der Waals surface area contributed by atoms with E-state index in [1.54, 1.807) is 0 Å². The Morgan fingerprint density at radius 2 is 1.90 bits per heavy atom. The van der Waals surface area contributed by atoms with Crippen LogP contribution in [0.4, 0.5) is 5.69 Å². The van der Waals surface area contributed by atoms with Gasteiger partial charge in [0.05, 0.1) is 12.3 Å². The minimum absolute atomic E-state index is 0.103. The minimum Gasteiger partial charge on any atom is -0.325 e. The van der Waals surface area contributed by atoms with E-state index in [2.05, 4.69) is 19.2 Å². The van der Waals surface area contributed by atoms with Crippen LogP contribution < -0.4 is 5.32 Å². The van der Waals surface area contributed by atoms with Crippen molar-refractivity contribution in [2.45, 2.75) is 32.6 Å². The van der Waals surface area contributed by atoms with Crippen LogP contribution in [0, 0.1) is 0 Å². The zero-order chi connectivity index (χ0) is 15.5. The summed E-state index contributed by atoms with van der Waals surface area (Å²) in [6.45, 7) is 4.54. The molecule has 0 radical (unpaired) electrons. The topological polar surface area (TPSA) is 66.5 Å². The van der Waals surface area contributed by atoms with Crippen molar-refractivity contribution in [1.29, 1.82) is 0 Å². The van der Waals surface area contributed by atoms with Gasteiger partial charge in [0.2, 0.25) is 15.9 Å². The van der Waals surface area contributed by atoms with E-state index in [-0.39, 0.29) is 18.2 Å². The van der Waals surface area contributed by atoms with Crippen molar-refractivity contribution in [3.05, 3.63) is 29.8 Å². The third-order valence-electron chi connectivity index (χ3n) is 3.63. The monoisotopic (exact) mass is 310 g/mol. The van der Waals surface area contributed by atoms with Gasteiger partial charge in [-0.15, -0.1) is 0 Å². The molecule has 0 aliphatic carbocycles. The molecule has 0 unspecified atom stereocenters. The summed E-state index contributed by atoms with van der Waals surface area (Å²) in [5, 5.41) is 2.75. The highest BCUT2D eigenvalue weighted by Crippen LogP contribution is 2.18. The van der Waals surface area contributed by atoms with Crippen LogP contribution >= 0.6 is 0 Å². The van der Waals surface area contributed by atoms with Gasteiger partial charge in [-0.2, -0.15) is 4.31 Å². The summed E-state index contributed by atoms with van der Waals surface area (Å²) in [4.78, 5) is 12.0. The largest absolute Gasteiger partial charge is 0.325 e. The number of carbonyl (C=O) groups excluding carboxylic acids is 1. The molecule has 6 heteroatoms. The van der Waals surface area contributed by atoms with E-state index in [1.807, 2.05) is 24.3 Å². The number of nitrogens with one attached hydrogen (secondary N) is 1. The highest BCUT2D eigenvalue weighted by Gasteiger charge is 2.27. The molecule has 1 N–H and O–H groups in total. The van der Waals surface area contributed by atoms with Crippen LogP contribution in [-0.4, -0.2) is 37.5 Å². The molecule has 1 aromatic rings. The number of carbonyl (C=O) groups is 1. The average molecular weight is 310 g/mol. The van der Waals surface area contributed by atoms with Crippen molar-refractivity contribution in [2.75, 3.05) is 24.2 Å². The number of hydrogen-bond acceptors (Lipinski definition) is 3. The molecule has 1 fully saturated rings. The molecule has 0 aromatic heterocycles. The van der Waals surface area contributed by atoms with Crippen LogP contribution in [0.5, 0.6) is 0 Å². The smallest absolute Gasteiger partial charge is 0.239 e. The molecule has 1 aliphatic rings. The van der Waals surface area contributed by atoms with Crippen LogP contribution in [0.2, 0.25) is 0 Å². The molecule has 5 nitrogen and oxygen atoms in total. The lowest BCUT2D eigenvalue weighted by Crippen LogP contribution is -2.42. The Kier molecular flexibility index (Phi) is 5.00. The predicted octanol–water partition coefficient (Wildman–Crippen LogP) is 2.17. The normalized spacial score (nSPS) is 18.6. The van der Waals surface area contributed by atoms with E-state index < -0.39 is 10.0 Å². The maximum absolute atomic E-state index is 12.0. The molecular formula is C15H22N2O3S. The zero-order valence-electron chi connectivity index (χ0n) is 12.5. The van der Waals surface area contributed by atoms with Crippen molar-refractivity contribution >= 4 is 21.6 Å². The third-order valence-corrected chi connectivity index (χ3v) is 5.54. The second-order valence-electron chi connectivity index (χ2n) is 5.68. The van der Waals surface area contributed by atoms with Crippen LogP contribution in [0.1, 0.15) is 38.2 Å². The quantitative estimate of drug-likeness (QED) is 0.927. The molecule has 1 amide bonds. The SMILES string of the molecule is CC(C)c1ccc(NC(=O)CN2CCCCS2(=O)=O)cc1. The zero-order valence-corrected chi connectivity index (χ0v) is 13.3. The fraction of sp³-hybridized carbons (Fsp3) is 0.533. The Morgan fingerprint density at radius 1 is 1.24 bits per heavy atom. The van der Waals surface area contributed by atoms with Gasteiger partial charge in [-0.25, -0.2) is 8.42 Å². The lowest BCUT2D eigenvalue weighted by atomic mass is 10.0. The first-order valence-electron chi connectivity index (χ1n) is 7.26. The first-order chi connectivity index (χ1) is 9.88. The second-order valence-corrected chi connectivity index (χ2v) is 7.77. The average Bonchev–Trinajstić information content (AvgIpc) is 2.41. The lowest BCUT2D eigenvalue weighted by molar-refractivity contribution is -0.116. The molecule has 0 atom stereocenters. The van der Waals surface area contributed by atoms with E-state index in [1.165, 1.54) is 9.87 Å². The van der Waals surface area contributed by atoms with Crippen LogP contribution in [-0.2, 0) is 14.8 Å². The summed E-state index contributed by atoms with van der Waals surface area (Å²) in [6, 6.07) is 7.63. The Labute approximate surface area is 126 Å². The summed E-state index contributed by atoms with van der Waals surface area (Å²) in [6.07, 6.45) is 1.49. The van der Waals surface area contributed by atoms with Crippen LogP contribution in [0.25, 0.3) is 0 Å². The van der Waals surface area contributed by atoms with E-state index >= 15 is 0 Å². The van der Waals surface area contributed by atoms with Gasteiger partial charge in [0, 0.05) is 12.2 Å². The Bertz CT molecular complexity index is 594. The number of rotatable bonds is 4. The van der Waals surface area contributed by atoms with Gasteiger partial charge in [0.1, 0.15) is 0 Å². The van der Waals surface area contributed by atoms with Gasteiger partial charge in [0.15, 0.2) is 0 Å². The predicted molar refractivity (Wildman–Crippen MR) is 83.8 cm³/mol. The number of hydrogen-bond donors (Lipinski definition) is 1. The lowest BCUT2D eigenvalue weighted by Gasteiger charge is -2.25. The molecule has 1 heterocycles. The molecule has 2 rings (SSSR count). The molecule has 1 aromatic carbocycles. The summed E-state index contributed by atoms with van der Waals surface area (Å²) in [7, 11) is -3.26. The van der Waals surface area contributed by atoms with Gasteiger partial charge >= 0.3 is 0 Å². The third kappa shape index (κ3) is 4.28. The maximum atomic E-state index is 12.0. The standard InChI is InChI=1S/C15H22N2O3S/c1-12(2)13-5-7-14(8-6-13)16-15(18)11-17-9-3-4-10-21(17,19)20/h5-8,12H,3-4,9-11H2,1-2H3,(H,16,18). The van der Waals surface area contributed by atoms with E-state index in [0.29, 0.717) is 24.6 Å². The summed E-state index contributed by atoms with van der Waals surface area (Å²) in [5.74, 6) is 0.287. The van der Waals surface area contributed by atoms with Crippen molar-refractivity contribution in [2.24, 2.45) is 0 Å². The minimum atomic E-state index is -3.26. The van der Waals surface area contributed by atoms with Crippen molar-refractivity contribution < 1.29 is 13.2 Å². The van der Waals surface area contributed by atoms with Crippen molar-refractivity contribution in [3.8, 4) is 0 Å². The molecule has 21 heavy (non-hydrogen) atoms. The van der Waals surface area contributed by atoms with E-state index in [9.17, 15) is 13.2 Å². The molecular weight excluding hydrogens is 288 g/mol. The van der Waals surface area contributed by atoms with E-state index in [0.717, 1.165) is 6.42 Å². The van der Waals surface area contributed by atoms with Crippen LogP contribution in [0.3, 0.4) is 0 Å². The van der Waals surface area contributed by atoms with Crippen molar-refractivity contribution in [1.82, 2.24) is 4.31 Å². The fourth-order valence-corrected chi connectivity index (χ4v) is 3.88. The van der Waals surface area contributed by atoms with Gasteiger partial charge in [0.25, 0.3) is 0 Å². The fourth-order valence-electron chi connectivity index (χ4n) is 2.33. The maximum Gasteiger partial charge on any atom is 0.239 e. The Morgan fingerprint density at radius 3 is 2.48 bits per heavy atom. The molecule has 0 bridgehead atoms. The van der Waals surface area contributed by atoms with Crippen molar-refractivity contribution in [3.63, 3.8) is 0 Å². The van der Waals surface area contributed by atoms with Gasteiger partial charge < -0.3 is 5.32 Å². The van der Waals surface area contributed by atoms with Gasteiger partial charge in [-0.05, 0) is 36.5 Å². The first kappa shape index (κ1) is 16.0. The summed E-state index contributed by atoms with van der Waals surface area (Å²) in [5.41, 5.74) is 1.89. The molecule has 1 saturated heterocycles. The van der Waals surface area contributed by atoms with Gasteiger partial charge in [-0.1, -0.05) is 26.0 Å². The van der Waals surface area contributed by atoms with Gasteiger partial charge in [-0.3, -0.25) is 4.79 Å². The van der Waals surface area contributed by atoms with E-state index in [4.69, 9.17) is 0 Å². The highest BCUT2D eigenvalue weighted by molar-refractivity contribution is 7.89. The number of anilines is 1. The second kappa shape index (κ2) is 6.58. The summed E-state index contributed by atoms with van der Waals surface area (Å²) < 4.78 is 24.9. The number of benzene rings is 1. The summed E-state index contributed by atoms with van der Waals surface area (Å²) >= 11 is 0. The van der Waals surface area contributed by atoms with Crippen LogP contribution in [0.15, 0.2) is 24.3 Å². The highest BCUT2D eigenvalue weighted by atomic mass is 32.2. The molecule has 0 spiro atoms. The molecule has 0 saturated carbocycles. The first-order valence-corrected chi connectivity index (χ1v) is 8.87. The molecule has 1 aliphatic heterocycles. The molecule has 116 valence electrons. The number of nitrogens with zero attached hydrogens (tertiary/aromatic N) is 1. The Balaban J connectivity index is 1.95.